The first kappa shape index (κ1) is 17.0. The van der Waals surface area contributed by atoms with E-state index < -0.39 is 11.9 Å². The van der Waals surface area contributed by atoms with Gasteiger partial charge in [-0.25, -0.2) is 0 Å². The lowest BCUT2D eigenvalue weighted by Crippen LogP contribution is -2.36. The molecule has 1 amide bonds. The van der Waals surface area contributed by atoms with E-state index in [2.05, 4.69) is 26.1 Å². The van der Waals surface area contributed by atoms with Gasteiger partial charge in [0.2, 0.25) is 0 Å². The minimum Gasteiger partial charge on any atom is -0.481 e. The summed E-state index contributed by atoms with van der Waals surface area (Å²) in [5.74, 6) is -1.53. The molecule has 2 N–H and O–H groups in total. The van der Waals surface area contributed by atoms with Gasteiger partial charge in [0.1, 0.15) is 0 Å². The van der Waals surface area contributed by atoms with Crippen molar-refractivity contribution in [1.82, 2.24) is 5.32 Å². The molecule has 2 atom stereocenters. The average molecular weight is 329 g/mol. The number of nitrogens with one attached hydrogen (secondary N) is 1. The highest BCUT2D eigenvalue weighted by molar-refractivity contribution is 5.99. The molecule has 2 unspecified atom stereocenters. The quantitative estimate of drug-likeness (QED) is 0.881. The zero-order valence-electron chi connectivity index (χ0n) is 15.0. The van der Waals surface area contributed by atoms with Gasteiger partial charge in [0.05, 0.1) is 5.92 Å². The van der Waals surface area contributed by atoms with Crippen LogP contribution in [0.2, 0.25) is 0 Å². The van der Waals surface area contributed by atoms with Crippen LogP contribution in [0.3, 0.4) is 0 Å². The standard InChI is InChI=1S/C20H27NO3/c1-12(18(23)24)16-14-10-21-17(22)13(14)6-7-15(16)20(4)9-5-8-19(2,3)11-20/h6-7,12H,5,8-11H2,1-4H3,(H,21,22)(H,23,24). The van der Waals surface area contributed by atoms with E-state index in [0.717, 1.165) is 36.0 Å². The Hall–Kier alpha value is -1.84. The van der Waals surface area contributed by atoms with Gasteiger partial charge in [-0.05, 0) is 59.8 Å². The van der Waals surface area contributed by atoms with Gasteiger partial charge in [-0.2, -0.15) is 0 Å². The third-order valence-corrected chi connectivity index (χ3v) is 5.93. The number of rotatable bonds is 3. The lowest BCUT2D eigenvalue weighted by Gasteiger charge is -2.44. The van der Waals surface area contributed by atoms with Crippen molar-refractivity contribution >= 4 is 11.9 Å². The van der Waals surface area contributed by atoms with Crippen LogP contribution in [-0.4, -0.2) is 17.0 Å². The third-order valence-electron chi connectivity index (χ3n) is 5.93. The van der Waals surface area contributed by atoms with Crippen LogP contribution < -0.4 is 5.32 Å². The molecule has 2 aliphatic rings. The number of aliphatic carboxylic acids is 1. The Morgan fingerprint density at radius 1 is 1.25 bits per heavy atom. The van der Waals surface area contributed by atoms with Gasteiger partial charge in [-0.1, -0.05) is 33.3 Å². The van der Waals surface area contributed by atoms with Crippen LogP contribution in [0.25, 0.3) is 0 Å². The fraction of sp³-hybridized carbons (Fsp3) is 0.600. The number of carbonyl (C=O) groups is 2. The summed E-state index contributed by atoms with van der Waals surface area (Å²) in [6.07, 6.45) is 4.46. The number of carboxylic acid groups (broad SMARTS) is 1. The normalized spacial score (nSPS) is 26.6. The van der Waals surface area contributed by atoms with Crippen molar-refractivity contribution in [3.8, 4) is 0 Å². The molecule has 24 heavy (non-hydrogen) atoms. The van der Waals surface area contributed by atoms with Gasteiger partial charge in [0.15, 0.2) is 0 Å². The minimum absolute atomic E-state index is 0.0402. The molecule has 1 aliphatic carbocycles. The first-order valence-electron chi connectivity index (χ1n) is 8.82. The molecule has 0 saturated heterocycles. The molecular formula is C20H27NO3. The monoisotopic (exact) mass is 329 g/mol. The maximum Gasteiger partial charge on any atom is 0.310 e. The fourth-order valence-corrected chi connectivity index (χ4v) is 4.90. The first-order chi connectivity index (χ1) is 11.1. The zero-order valence-corrected chi connectivity index (χ0v) is 15.0. The number of carbonyl (C=O) groups excluding carboxylic acids is 1. The van der Waals surface area contributed by atoms with Crippen LogP contribution in [0, 0.1) is 5.41 Å². The summed E-state index contributed by atoms with van der Waals surface area (Å²) in [6, 6.07) is 3.90. The molecule has 1 heterocycles. The summed E-state index contributed by atoms with van der Waals surface area (Å²) in [7, 11) is 0. The van der Waals surface area contributed by atoms with Crippen LogP contribution in [-0.2, 0) is 16.8 Å². The molecule has 0 spiro atoms. The van der Waals surface area contributed by atoms with E-state index in [1.165, 1.54) is 6.42 Å². The van der Waals surface area contributed by atoms with Crippen LogP contribution in [0.1, 0.15) is 86.3 Å². The number of hydrogen-bond donors (Lipinski definition) is 2. The molecule has 1 aromatic carbocycles. The summed E-state index contributed by atoms with van der Waals surface area (Å²) >= 11 is 0. The number of hydrogen-bond acceptors (Lipinski definition) is 2. The number of benzene rings is 1. The largest absolute Gasteiger partial charge is 0.481 e. The molecule has 0 aromatic heterocycles. The van der Waals surface area contributed by atoms with Crippen molar-refractivity contribution in [2.24, 2.45) is 5.41 Å². The topological polar surface area (TPSA) is 66.4 Å². The highest BCUT2D eigenvalue weighted by Crippen LogP contribution is 2.50. The summed E-state index contributed by atoms with van der Waals surface area (Å²) in [5, 5.41) is 12.5. The highest BCUT2D eigenvalue weighted by atomic mass is 16.4. The zero-order chi connectivity index (χ0) is 17.7. The molecule has 3 rings (SSSR count). The molecular weight excluding hydrogens is 302 g/mol. The van der Waals surface area contributed by atoms with Gasteiger partial charge in [-0.15, -0.1) is 0 Å². The Morgan fingerprint density at radius 2 is 1.96 bits per heavy atom. The Labute approximate surface area is 143 Å². The van der Waals surface area contributed by atoms with E-state index in [1.54, 1.807) is 6.92 Å². The Kier molecular flexibility index (Phi) is 3.97. The lowest BCUT2D eigenvalue weighted by atomic mass is 9.60. The fourth-order valence-electron chi connectivity index (χ4n) is 4.90. The van der Waals surface area contributed by atoms with Crippen molar-refractivity contribution < 1.29 is 14.7 Å². The summed E-state index contributed by atoms with van der Waals surface area (Å²) in [4.78, 5) is 23.8. The molecule has 4 nitrogen and oxygen atoms in total. The van der Waals surface area contributed by atoms with Crippen LogP contribution >= 0.6 is 0 Å². The van der Waals surface area contributed by atoms with Crippen molar-refractivity contribution in [2.45, 2.75) is 71.3 Å². The smallest absolute Gasteiger partial charge is 0.310 e. The second-order valence-electron chi connectivity index (χ2n) is 8.55. The summed E-state index contributed by atoms with van der Waals surface area (Å²) < 4.78 is 0. The molecule has 0 bridgehead atoms. The lowest BCUT2D eigenvalue weighted by molar-refractivity contribution is -0.138. The summed E-state index contributed by atoms with van der Waals surface area (Å²) in [6.45, 7) is 9.03. The number of amides is 1. The average Bonchev–Trinajstić information content (AvgIpc) is 2.86. The molecule has 1 aliphatic heterocycles. The van der Waals surface area contributed by atoms with E-state index >= 15 is 0 Å². The van der Waals surface area contributed by atoms with Crippen molar-refractivity contribution in [1.29, 1.82) is 0 Å². The molecule has 1 fully saturated rings. The second-order valence-corrected chi connectivity index (χ2v) is 8.55. The predicted octanol–water partition coefficient (Wildman–Crippen LogP) is 3.98. The summed E-state index contributed by atoms with van der Waals surface area (Å²) in [5.41, 5.74) is 3.72. The van der Waals surface area contributed by atoms with Crippen molar-refractivity contribution in [3.63, 3.8) is 0 Å². The van der Waals surface area contributed by atoms with Crippen molar-refractivity contribution in [2.75, 3.05) is 0 Å². The Bertz CT molecular complexity index is 707. The second kappa shape index (κ2) is 5.61. The van der Waals surface area contributed by atoms with Crippen LogP contribution in [0.5, 0.6) is 0 Å². The Balaban J connectivity index is 2.18. The number of fused-ring (bicyclic) bond motifs is 1. The van der Waals surface area contributed by atoms with E-state index in [0.29, 0.717) is 12.1 Å². The SMILES string of the molecule is CC(C(=O)O)c1c(C2(C)CCCC(C)(C)C2)ccc2c1CNC2=O. The van der Waals surface area contributed by atoms with E-state index in [4.69, 9.17) is 0 Å². The van der Waals surface area contributed by atoms with Crippen molar-refractivity contribution in [3.05, 3.63) is 34.4 Å². The van der Waals surface area contributed by atoms with E-state index in [1.807, 2.05) is 12.1 Å². The van der Waals surface area contributed by atoms with Gasteiger partial charge in [0, 0.05) is 12.1 Å². The highest BCUT2D eigenvalue weighted by Gasteiger charge is 2.41. The Morgan fingerprint density at radius 3 is 2.58 bits per heavy atom. The van der Waals surface area contributed by atoms with Gasteiger partial charge >= 0.3 is 5.97 Å². The minimum atomic E-state index is -0.831. The van der Waals surface area contributed by atoms with E-state index in [-0.39, 0.29) is 16.7 Å². The number of carboxylic acids is 1. The molecule has 1 saturated carbocycles. The first-order valence-corrected chi connectivity index (χ1v) is 8.82. The third kappa shape index (κ3) is 2.72. The van der Waals surface area contributed by atoms with E-state index in [9.17, 15) is 14.7 Å². The maximum atomic E-state index is 12.0. The molecule has 130 valence electrons. The predicted molar refractivity (Wildman–Crippen MR) is 93.3 cm³/mol. The van der Waals surface area contributed by atoms with Gasteiger partial charge < -0.3 is 10.4 Å². The van der Waals surface area contributed by atoms with Crippen LogP contribution in [0.15, 0.2) is 12.1 Å². The maximum absolute atomic E-state index is 12.0. The molecule has 0 radical (unpaired) electrons. The molecule has 1 aromatic rings. The van der Waals surface area contributed by atoms with Crippen LogP contribution in [0.4, 0.5) is 0 Å². The van der Waals surface area contributed by atoms with Gasteiger partial charge in [-0.3, -0.25) is 9.59 Å². The van der Waals surface area contributed by atoms with Gasteiger partial charge in [0.25, 0.3) is 5.91 Å². The molecule has 4 heteroatoms.